The van der Waals surface area contributed by atoms with Gasteiger partial charge in [-0.2, -0.15) is 0 Å². The molecule has 5 aromatic rings. The van der Waals surface area contributed by atoms with E-state index in [2.05, 4.69) is 25.9 Å². The highest BCUT2D eigenvalue weighted by atomic mass is 32.2. The number of hydrogen-bond donors (Lipinski definition) is 3. The average Bonchev–Trinajstić information content (AvgIpc) is 3.56. The number of pyridine rings is 1. The van der Waals surface area contributed by atoms with Gasteiger partial charge in [0.25, 0.3) is 11.8 Å². The molecule has 3 amide bonds. The van der Waals surface area contributed by atoms with Crippen LogP contribution >= 0.6 is 23.1 Å². The fraction of sp³-hybridized carbons (Fsp3) is 0.114. The number of carbonyl (C=O) groups excluding carboxylic acids is 3. The first-order valence-corrected chi connectivity index (χ1v) is 16.1. The summed E-state index contributed by atoms with van der Waals surface area (Å²) < 4.78 is 5.31. The van der Waals surface area contributed by atoms with Gasteiger partial charge in [0.15, 0.2) is 5.13 Å². The van der Waals surface area contributed by atoms with Gasteiger partial charge in [0, 0.05) is 39.5 Å². The van der Waals surface area contributed by atoms with Crippen molar-refractivity contribution in [2.24, 2.45) is 0 Å². The van der Waals surface area contributed by atoms with E-state index < -0.39 is 17.1 Å². The van der Waals surface area contributed by atoms with E-state index in [0.717, 1.165) is 21.9 Å². The molecule has 0 saturated carbocycles. The van der Waals surface area contributed by atoms with Crippen LogP contribution in [0.5, 0.6) is 5.75 Å². The number of hydrogen-bond acceptors (Lipinski definition) is 8. The van der Waals surface area contributed by atoms with Gasteiger partial charge in [-0.05, 0) is 66.6 Å². The molecule has 0 spiro atoms. The Bertz CT molecular complexity index is 1840. The lowest BCUT2D eigenvalue weighted by molar-refractivity contribution is -0.116. The quantitative estimate of drug-likeness (QED) is 0.0971. The lowest BCUT2D eigenvalue weighted by Crippen LogP contribution is -2.30. The summed E-state index contributed by atoms with van der Waals surface area (Å²) in [5, 5.41) is 10.5. The van der Waals surface area contributed by atoms with Crippen LogP contribution in [0.15, 0.2) is 119 Å². The number of nitrogens with zero attached hydrogens (tertiary/aromatic N) is 2. The highest BCUT2D eigenvalue weighted by Crippen LogP contribution is 2.31. The molecule has 232 valence electrons. The molecule has 0 saturated heterocycles. The van der Waals surface area contributed by atoms with E-state index in [1.807, 2.05) is 48.7 Å². The van der Waals surface area contributed by atoms with Gasteiger partial charge >= 0.3 is 0 Å². The van der Waals surface area contributed by atoms with Gasteiger partial charge in [0.2, 0.25) is 5.91 Å². The van der Waals surface area contributed by atoms with E-state index in [-0.39, 0.29) is 11.6 Å². The second-order valence-electron chi connectivity index (χ2n) is 9.92. The number of benzene rings is 3. The number of aromatic nitrogens is 2. The summed E-state index contributed by atoms with van der Waals surface area (Å²) >= 11 is 2.74. The summed E-state index contributed by atoms with van der Waals surface area (Å²) in [6, 6.07) is 27.0. The van der Waals surface area contributed by atoms with E-state index in [9.17, 15) is 14.4 Å². The molecule has 46 heavy (non-hydrogen) atoms. The van der Waals surface area contributed by atoms with Crippen molar-refractivity contribution < 1.29 is 19.1 Å². The van der Waals surface area contributed by atoms with Crippen molar-refractivity contribution in [3.05, 3.63) is 126 Å². The van der Waals surface area contributed by atoms with Crippen molar-refractivity contribution in [3.63, 3.8) is 0 Å². The molecule has 1 unspecified atom stereocenters. The zero-order valence-corrected chi connectivity index (χ0v) is 26.7. The molecule has 0 fully saturated rings. The lowest BCUT2D eigenvalue weighted by atomic mass is 10.2. The minimum atomic E-state index is -0.504. The Morgan fingerprint density at radius 2 is 1.78 bits per heavy atom. The number of thioether (sulfide) groups is 1. The predicted molar refractivity (Wildman–Crippen MR) is 184 cm³/mol. The molecule has 0 aliphatic rings. The first-order chi connectivity index (χ1) is 22.4. The van der Waals surface area contributed by atoms with Crippen molar-refractivity contribution in [1.82, 2.24) is 15.3 Å². The molecule has 3 aromatic carbocycles. The van der Waals surface area contributed by atoms with Crippen LogP contribution in [0.3, 0.4) is 0 Å². The van der Waals surface area contributed by atoms with Crippen LogP contribution in [0.4, 0.5) is 10.8 Å². The summed E-state index contributed by atoms with van der Waals surface area (Å²) in [7, 11) is 1.61. The van der Waals surface area contributed by atoms with E-state index in [0.29, 0.717) is 28.4 Å². The van der Waals surface area contributed by atoms with Crippen LogP contribution < -0.4 is 20.7 Å². The Hall–Kier alpha value is -5.26. The summed E-state index contributed by atoms with van der Waals surface area (Å²) in [5.41, 5.74) is 3.29. The van der Waals surface area contributed by atoms with Gasteiger partial charge in [-0.15, -0.1) is 23.1 Å². The second-order valence-corrected chi connectivity index (χ2v) is 12.1. The highest BCUT2D eigenvalue weighted by molar-refractivity contribution is 8.00. The van der Waals surface area contributed by atoms with E-state index in [4.69, 9.17) is 4.74 Å². The van der Waals surface area contributed by atoms with Crippen molar-refractivity contribution in [3.8, 4) is 17.0 Å². The second kappa shape index (κ2) is 15.6. The Morgan fingerprint density at radius 3 is 2.54 bits per heavy atom. The number of methoxy groups -OCH3 is 1. The minimum Gasteiger partial charge on any atom is -0.497 e. The fourth-order valence-electron chi connectivity index (χ4n) is 4.33. The smallest absolute Gasteiger partial charge is 0.272 e. The maximum absolute atomic E-state index is 13.4. The topological polar surface area (TPSA) is 122 Å². The number of ether oxygens (including phenoxy) is 1. The Balaban J connectivity index is 1.26. The van der Waals surface area contributed by atoms with Crippen LogP contribution in [0.25, 0.3) is 17.3 Å². The molecule has 0 bridgehead atoms. The average molecular weight is 650 g/mol. The maximum Gasteiger partial charge on any atom is 0.272 e. The van der Waals surface area contributed by atoms with Gasteiger partial charge in [-0.25, -0.2) is 4.98 Å². The predicted octanol–water partition coefficient (Wildman–Crippen LogP) is 7.13. The van der Waals surface area contributed by atoms with Gasteiger partial charge in [-0.3, -0.25) is 19.4 Å². The van der Waals surface area contributed by atoms with Gasteiger partial charge in [-0.1, -0.05) is 49.4 Å². The number of thiazole rings is 1. The van der Waals surface area contributed by atoms with Gasteiger partial charge < -0.3 is 20.7 Å². The van der Waals surface area contributed by atoms with Gasteiger partial charge in [0.05, 0.1) is 18.1 Å². The third-order valence-electron chi connectivity index (χ3n) is 6.66. The first kappa shape index (κ1) is 32.1. The molecular weight excluding hydrogens is 619 g/mol. The largest absolute Gasteiger partial charge is 0.497 e. The molecule has 1 atom stereocenters. The Morgan fingerprint density at radius 1 is 0.957 bits per heavy atom. The molecule has 5 rings (SSSR count). The molecule has 0 aliphatic carbocycles. The zero-order chi connectivity index (χ0) is 32.3. The van der Waals surface area contributed by atoms with Crippen LogP contribution in [0.1, 0.15) is 29.3 Å². The molecule has 2 heterocycles. The minimum absolute atomic E-state index is 0.0579. The zero-order valence-electron chi connectivity index (χ0n) is 25.1. The van der Waals surface area contributed by atoms with E-state index in [1.54, 1.807) is 80.2 Å². The molecule has 11 heteroatoms. The van der Waals surface area contributed by atoms with Gasteiger partial charge in [0.1, 0.15) is 11.4 Å². The molecule has 0 radical (unpaired) electrons. The van der Waals surface area contributed by atoms with E-state index in [1.165, 1.54) is 23.1 Å². The summed E-state index contributed by atoms with van der Waals surface area (Å²) in [6.45, 7) is 1.94. The molecule has 9 nitrogen and oxygen atoms in total. The van der Waals surface area contributed by atoms with Crippen LogP contribution in [0, 0.1) is 0 Å². The number of anilines is 2. The third kappa shape index (κ3) is 8.68. The number of amides is 3. The van der Waals surface area contributed by atoms with Crippen LogP contribution in [0.2, 0.25) is 0 Å². The Kier molecular flexibility index (Phi) is 10.9. The summed E-state index contributed by atoms with van der Waals surface area (Å²) in [6.07, 6.45) is 5.37. The third-order valence-corrected chi connectivity index (χ3v) is 8.77. The van der Waals surface area contributed by atoms with Crippen LogP contribution in [-0.2, 0) is 9.59 Å². The number of nitrogens with one attached hydrogen (secondary N) is 3. The number of carbonyl (C=O) groups is 3. The molecular formula is C35H31N5O4S2. The highest BCUT2D eigenvalue weighted by Gasteiger charge is 2.21. The van der Waals surface area contributed by atoms with Crippen LogP contribution in [-0.4, -0.2) is 40.0 Å². The maximum atomic E-state index is 13.4. The first-order valence-electron chi connectivity index (χ1n) is 14.4. The summed E-state index contributed by atoms with van der Waals surface area (Å²) in [4.78, 5) is 49.0. The van der Waals surface area contributed by atoms with E-state index >= 15 is 0 Å². The van der Waals surface area contributed by atoms with Crippen molar-refractivity contribution in [1.29, 1.82) is 0 Å². The summed E-state index contributed by atoms with van der Waals surface area (Å²) in [5.74, 6) is -0.355. The van der Waals surface area contributed by atoms with Crippen molar-refractivity contribution >= 4 is 57.7 Å². The Labute approximate surface area is 275 Å². The molecule has 3 N–H and O–H groups in total. The molecule has 2 aromatic heterocycles. The lowest BCUT2D eigenvalue weighted by Gasteiger charge is -2.15. The number of rotatable bonds is 12. The van der Waals surface area contributed by atoms with Crippen molar-refractivity contribution in [2.45, 2.75) is 23.5 Å². The normalized spacial score (nSPS) is 11.7. The van der Waals surface area contributed by atoms with Crippen molar-refractivity contribution in [2.75, 3.05) is 17.7 Å². The standard InChI is InChI=1S/C35H31N5O4S2/c1-3-31(34(43)40-35-39-30(22-45-35)25-13-7-15-27(19-25)44-2)46-28-16-8-14-26(20-28)37-33(42)29(18-23-10-9-17-36-21-23)38-32(41)24-11-5-4-6-12-24/h4-22,31H,3H2,1-2H3,(H,37,42)(H,38,41)(H,39,40,43)/b29-18-. The fourth-order valence-corrected chi connectivity index (χ4v) is 6.07. The monoisotopic (exact) mass is 649 g/mol. The SMILES string of the molecule is CCC(Sc1cccc(NC(=O)/C(=C/c2cccnc2)NC(=O)c2ccccc2)c1)C(=O)Nc1nc(-c2cccc(OC)c2)cs1. The molecule has 0 aliphatic heterocycles.